The summed E-state index contributed by atoms with van der Waals surface area (Å²) in [5, 5.41) is 3.03. The van der Waals surface area contributed by atoms with Gasteiger partial charge in [0.25, 0.3) is 0 Å². The second kappa shape index (κ2) is 3.71. The summed E-state index contributed by atoms with van der Waals surface area (Å²) in [5.74, 6) is 0. The van der Waals surface area contributed by atoms with Crippen molar-refractivity contribution in [2.24, 2.45) is 0 Å². The molecule has 1 N–H and O–H groups in total. The predicted molar refractivity (Wildman–Crippen MR) is 42.8 cm³/mol. The SMILES string of the molecule is C=CC(F)CNC(C)(C)C. The minimum absolute atomic E-state index is 0.00660. The van der Waals surface area contributed by atoms with Gasteiger partial charge in [-0.25, -0.2) is 4.39 Å². The summed E-state index contributed by atoms with van der Waals surface area (Å²) in [6, 6.07) is 0. The molecule has 10 heavy (non-hydrogen) atoms. The number of hydrogen-bond donors (Lipinski definition) is 1. The van der Waals surface area contributed by atoms with Crippen LogP contribution in [0.2, 0.25) is 0 Å². The normalized spacial score (nSPS) is 14.8. The molecule has 2 heteroatoms. The zero-order valence-corrected chi connectivity index (χ0v) is 6.95. The fourth-order valence-electron chi connectivity index (χ4n) is 0.487. The molecule has 1 atom stereocenters. The molecule has 0 fully saturated rings. The average Bonchev–Trinajstić information content (AvgIpc) is 1.81. The number of alkyl halides is 1. The van der Waals surface area contributed by atoms with E-state index in [9.17, 15) is 4.39 Å². The zero-order valence-electron chi connectivity index (χ0n) is 6.95. The molecule has 0 aromatic carbocycles. The van der Waals surface area contributed by atoms with Gasteiger partial charge in [-0.3, -0.25) is 0 Å². The first kappa shape index (κ1) is 9.63. The summed E-state index contributed by atoms with van der Waals surface area (Å²) in [6.45, 7) is 9.71. The van der Waals surface area contributed by atoms with Gasteiger partial charge < -0.3 is 5.32 Å². The average molecular weight is 145 g/mol. The Morgan fingerprint density at radius 3 is 2.40 bits per heavy atom. The summed E-state index contributed by atoms with van der Waals surface area (Å²) in [6.07, 6.45) is 0.373. The third-order valence-corrected chi connectivity index (χ3v) is 1.08. The van der Waals surface area contributed by atoms with Crippen LogP contribution in [-0.4, -0.2) is 18.3 Å². The summed E-state index contributed by atoms with van der Waals surface area (Å²) < 4.78 is 12.5. The van der Waals surface area contributed by atoms with Crippen LogP contribution >= 0.6 is 0 Å². The Balaban J connectivity index is 3.45. The van der Waals surface area contributed by atoms with Gasteiger partial charge in [0.05, 0.1) is 0 Å². The van der Waals surface area contributed by atoms with E-state index in [0.717, 1.165) is 0 Å². The number of halogens is 1. The van der Waals surface area contributed by atoms with Crippen LogP contribution in [0.4, 0.5) is 4.39 Å². The Labute approximate surface area is 62.3 Å². The maximum Gasteiger partial charge on any atom is 0.130 e. The molecule has 0 heterocycles. The molecule has 1 nitrogen and oxygen atoms in total. The van der Waals surface area contributed by atoms with E-state index in [1.165, 1.54) is 6.08 Å². The van der Waals surface area contributed by atoms with Crippen LogP contribution in [-0.2, 0) is 0 Å². The molecule has 0 saturated heterocycles. The molecule has 0 aromatic rings. The highest BCUT2D eigenvalue weighted by Gasteiger charge is 2.10. The lowest BCUT2D eigenvalue weighted by Gasteiger charge is -2.20. The molecule has 0 bridgehead atoms. The molecule has 0 rings (SSSR count). The van der Waals surface area contributed by atoms with Crippen molar-refractivity contribution in [2.75, 3.05) is 6.54 Å². The maximum absolute atomic E-state index is 12.5. The first-order valence-electron chi connectivity index (χ1n) is 3.47. The van der Waals surface area contributed by atoms with Gasteiger partial charge in [0.1, 0.15) is 6.17 Å². The lowest BCUT2D eigenvalue weighted by Crippen LogP contribution is -2.39. The van der Waals surface area contributed by atoms with E-state index in [-0.39, 0.29) is 5.54 Å². The molecule has 0 aromatic heterocycles. The molecule has 0 aliphatic carbocycles. The van der Waals surface area contributed by atoms with E-state index in [1.807, 2.05) is 20.8 Å². The van der Waals surface area contributed by atoms with Crippen LogP contribution in [0, 0.1) is 0 Å². The van der Waals surface area contributed by atoms with Crippen molar-refractivity contribution in [3.8, 4) is 0 Å². The van der Waals surface area contributed by atoms with Gasteiger partial charge in [0, 0.05) is 12.1 Å². The fourth-order valence-corrected chi connectivity index (χ4v) is 0.487. The minimum Gasteiger partial charge on any atom is -0.309 e. The van der Waals surface area contributed by atoms with Crippen LogP contribution in [0.1, 0.15) is 20.8 Å². The molecular formula is C8H16FN. The van der Waals surface area contributed by atoms with E-state index in [0.29, 0.717) is 6.54 Å². The summed E-state index contributed by atoms with van der Waals surface area (Å²) in [7, 11) is 0. The molecular weight excluding hydrogens is 129 g/mol. The van der Waals surface area contributed by atoms with Crippen LogP contribution < -0.4 is 5.32 Å². The second-order valence-electron chi connectivity index (χ2n) is 3.38. The van der Waals surface area contributed by atoms with Gasteiger partial charge in [0.2, 0.25) is 0 Å². The van der Waals surface area contributed by atoms with Crippen LogP contribution in [0.5, 0.6) is 0 Å². The number of nitrogens with one attached hydrogen (secondary N) is 1. The van der Waals surface area contributed by atoms with Gasteiger partial charge in [-0.05, 0) is 20.8 Å². The van der Waals surface area contributed by atoms with Crippen molar-refractivity contribution >= 4 is 0 Å². The highest BCUT2D eigenvalue weighted by Crippen LogP contribution is 1.99. The van der Waals surface area contributed by atoms with Gasteiger partial charge in [-0.2, -0.15) is 0 Å². The minimum atomic E-state index is -0.931. The zero-order chi connectivity index (χ0) is 8.20. The Hall–Kier alpha value is -0.370. The van der Waals surface area contributed by atoms with Crippen molar-refractivity contribution < 1.29 is 4.39 Å². The molecule has 0 aliphatic rings. The molecule has 0 amide bonds. The predicted octanol–water partition coefficient (Wildman–Crippen LogP) is 1.90. The Kier molecular flexibility index (Phi) is 3.58. The summed E-state index contributed by atoms with van der Waals surface area (Å²) >= 11 is 0. The maximum atomic E-state index is 12.5. The Bertz CT molecular complexity index is 104. The van der Waals surface area contributed by atoms with E-state index in [4.69, 9.17) is 0 Å². The smallest absolute Gasteiger partial charge is 0.130 e. The van der Waals surface area contributed by atoms with Gasteiger partial charge >= 0.3 is 0 Å². The first-order chi connectivity index (χ1) is 4.45. The number of hydrogen-bond acceptors (Lipinski definition) is 1. The van der Waals surface area contributed by atoms with Crippen molar-refractivity contribution in [1.82, 2.24) is 5.32 Å². The first-order valence-corrected chi connectivity index (χ1v) is 3.47. The molecule has 1 unspecified atom stereocenters. The van der Waals surface area contributed by atoms with E-state index >= 15 is 0 Å². The topological polar surface area (TPSA) is 12.0 Å². The van der Waals surface area contributed by atoms with Gasteiger partial charge in [0.15, 0.2) is 0 Å². The van der Waals surface area contributed by atoms with Gasteiger partial charge in [-0.1, -0.05) is 6.08 Å². The Morgan fingerprint density at radius 1 is 1.60 bits per heavy atom. The molecule has 0 radical (unpaired) electrons. The van der Waals surface area contributed by atoms with Crippen molar-refractivity contribution in [1.29, 1.82) is 0 Å². The van der Waals surface area contributed by atoms with Crippen LogP contribution in [0.15, 0.2) is 12.7 Å². The van der Waals surface area contributed by atoms with E-state index in [2.05, 4.69) is 11.9 Å². The lowest BCUT2D eigenvalue weighted by molar-refractivity contribution is 0.330. The molecule has 0 saturated carbocycles. The lowest BCUT2D eigenvalue weighted by atomic mass is 10.1. The quantitative estimate of drug-likeness (QED) is 0.598. The summed E-state index contributed by atoms with van der Waals surface area (Å²) in [5.41, 5.74) is -0.00660. The van der Waals surface area contributed by atoms with Gasteiger partial charge in [-0.15, -0.1) is 6.58 Å². The highest BCUT2D eigenvalue weighted by atomic mass is 19.1. The standard InChI is InChI=1S/C8H16FN/c1-5-7(9)6-10-8(2,3)4/h5,7,10H,1,6H2,2-4H3. The third-order valence-electron chi connectivity index (χ3n) is 1.08. The fraction of sp³-hybridized carbons (Fsp3) is 0.750. The Morgan fingerprint density at radius 2 is 2.10 bits per heavy atom. The van der Waals surface area contributed by atoms with Crippen molar-refractivity contribution in [3.05, 3.63) is 12.7 Å². The second-order valence-corrected chi connectivity index (χ2v) is 3.38. The van der Waals surface area contributed by atoms with E-state index < -0.39 is 6.17 Å². The number of rotatable bonds is 3. The molecule has 60 valence electrons. The summed E-state index contributed by atoms with van der Waals surface area (Å²) in [4.78, 5) is 0. The molecule has 0 aliphatic heterocycles. The van der Waals surface area contributed by atoms with Crippen LogP contribution in [0.25, 0.3) is 0 Å². The molecule has 0 spiro atoms. The van der Waals surface area contributed by atoms with Crippen LogP contribution in [0.3, 0.4) is 0 Å². The van der Waals surface area contributed by atoms with E-state index in [1.54, 1.807) is 0 Å². The van der Waals surface area contributed by atoms with Crippen molar-refractivity contribution in [2.45, 2.75) is 32.5 Å². The third kappa shape index (κ3) is 5.76. The van der Waals surface area contributed by atoms with Crippen molar-refractivity contribution in [3.63, 3.8) is 0 Å². The largest absolute Gasteiger partial charge is 0.309 e. The highest BCUT2D eigenvalue weighted by molar-refractivity contribution is 4.83. The monoisotopic (exact) mass is 145 g/mol.